The summed E-state index contributed by atoms with van der Waals surface area (Å²) in [5.74, 6) is 0.906. The topological polar surface area (TPSA) is 42.3 Å². The molecule has 0 amide bonds. The van der Waals surface area contributed by atoms with Crippen molar-refractivity contribution in [2.24, 2.45) is 5.92 Å². The molecule has 0 N–H and O–H groups in total. The summed E-state index contributed by atoms with van der Waals surface area (Å²) in [7, 11) is 8.90. The number of hydrogen-bond donors (Lipinski definition) is 0. The fraction of sp³-hybridized carbons (Fsp3) is 0.923. The van der Waals surface area contributed by atoms with Crippen LogP contribution in [0, 0.1) is 13.3 Å². The van der Waals surface area contributed by atoms with E-state index in [2.05, 4.69) is 31.9 Å². The fourth-order valence-electron chi connectivity index (χ4n) is 1.61. The van der Waals surface area contributed by atoms with Crippen LogP contribution in [0.25, 0.3) is 16.0 Å². The van der Waals surface area contributed by atoms with Gasteiger partial charge in [-0.05, 0) is 18.8 Å². The van der Waals surface area contributed by atoms with Gasteiger partial charge in [0.15, 0.2) is 0 Å². The van der Waals surface area contributed by atoms with Crippen LogP contribution in [-0.2, 0) is 21.7 Å². The van der Waals surface area contributed by atoms with Crippen molar-refractivity contribution in [2.75, 3.05) is 41.8 Å². The molecule has 1 fully saturated rings. The molecule has 1 rings (SSSR count). The Kier molecular flexibility index (Phi) is 35.3. The van der Waals surface area contributed by atoms with E-state index in [1.54, 1.807) is 28.2 Å². The summed E-state index contributed by atoms with van der Waals surface area (Å²) in [5.41, 5.74) is 0. The van der Waals surface area contributed by atoms with Gasteiger partial charge < -0.3 is 23.4 Å². The van der Waals surface area contributed by atoms with Crippen molar-refractivity contribution in [3.63, 3.8) is 0 Å². The Morgan fingerprint density at radius 2 is 1.44 bits per heavy atom. The van der Waals surface area contributed by atoms with Gasteiger partial charge in [0.25, 0.3) is 0 Å². The number of alkyl halides is 1. The minimum absolute atomic E-state index is 0. The van der Waals surface area contributed by atoms with Gasteiger partial charge in [0.05, 0.1) is 0 Å². The molecule has 0 aromatic heterocycles. The van der Waals surface area contributed by atoms with Gasteiger partial charge in [0.1, 0.15) is 0 Å². The molecule has 1 saturated carbocycles. The molecule has 18 heavy (non-hydrogen) atoms. The van der Waals surface area contributed by atoms with Gasteiger partial charge in [0, 0.05) is 4.83 Å². The average Bonchev–Trinajstić information content (AvgIpc) is 2.63. The second-order valence-electron chi connectivity index (χ2n) is 3.93. The normalized spacial score (nSPS) is 20.3. The molecule has 0 heterocycles. The van der Waals surface area contributed by atoms with Crippen molar-refractivity contribution in [3.05, 3.63) is 23.4 Å². The molecule has 2 unspecified atom stereocenters. The third kappa shape index (κ3) is 19.4. The first kappa shape index (κ1) is 27.4. The molecule has 108 valence electrons. The summed E-state index contributed by atoms with van der Waals surface area (Å²) in [6, 6.07) is 0. The second-order valence-corrected chi connectivity index (χ2v) is 5.11. The number of hydrogen-bond acceptors (Lipinski definition) is 0. The smallest absolute Gasteiger partial charge is 0.668 e. The molecular weight excluding hydrogens is 326 g/mol. The Hall–Kier alpha value is 1.07. The van der Waals surface area contributed by atoms with Crippen LogP contribution in [0.2, 0.25) is 0 Å². The summed E-state index contributed by atoms with van der Waals surface area (Å²) < 4.78 is 0. The molecule has 0 aromatic rings. The van der Waals surface area contributed by atoms with E-state index >= 15 is 0 Å². The molecular formula is C13H30BrN3Ti. The molecule has 1 aliphatic carbocycles. The van der Waals surface area contributed by atoms with E-state index in [-0.39, 0.29) is 29.1 Å². The maximum atomic E-state index is 4.11. The Labute approximate surface area is 139 Å². The predicted molar refractivity (Wildman–Crippen MR) is 85.7 cm³/mol. The van der Waals surface area contributed by atoms with E-state index in [9.17, 15) is 0 Å². The molecule has 0 aromatic carbocycles. The number of rotatable bonds is 3. The first-order valence-electron chi connectivity index (χ1n) is 5.83. The SMILES string of the molecule is C[N-]C.C[N-]C.C[N-]CCC1CCCC1Br.[CH3-].[Ti+4]. The maximum Gasteiger partial charge on any atom is 4.00 e. The van der Waals surface area contributed by atoms with Crippen LogP contribution in [0.5, 0.6) is 0 Å². The van der Waals surface area contributed by atoms with Crippen molar-refractivity contribution in [1.29, 1.82) is 0 Å². The van der Waals surface area contributed by atoms with Crippen molar-refractivity contribution in [1.82, 2.24) is 0 Å². The van der Waals surface area contributed by atoms with Crippen molar-refractivity contribution >= 4 is 15.9 Å². The Morgan fingerprint density at radius 1 is 1.00 bits per heavy atom. The van der Waals surface area contributed by atoms with Crippen LogP contribution in [0.1, 0.15) is 25.7 Å². The van der Waals surface area contributed by atoms with Gasteiger partial charge in [-0.2, -0.15) is 35.2 Å². The standard InChI is InChI=1S/C8H15BrN.2C2H6N.CH3.Ti/c1-10-6-5-7-3-2-4-8(7)9;2*1-3-2;;/h7-8H,2-6H2,1H3;2*1-2H3;1H3;/q4*-1;+4. The molecule has 1 aliphatic rings. The zero-order valence-corrected chi connectivity index (χ0v) is 16.1. The number of halogens is 1. The zero-order chi connectivity index (χ0) is 12.8. The monoisotopic (exact) mass is 355 g/mol. The van der Waals surface area contributed by atoms with Crippen molar-refractivity contribution in [2.45, 2.75) is 30.5 Å². The van der Waals surface area contributed by atoms with Crippen LogP contribution in [0.3, 0.4) is 0 Å². The molecule has 0 spiro atoms. The third-order valence-corrected chi connectivity index (χ3v) is 3.50. The van der Waals surface area contributed by atoms with Gasteiger partial charge in [-0.1, -0.05) is 28.8 Å². The molecule has 0 bridgehead atoms. The van der Waals surface area contributed by atoms with Gasteiger partial charge >= 0.3 is 21.7 Å². The molecule has 2 atom stereocenters. The van der Waals surface area contributed by atoms with Crippen LogP contribution in [0.15, 0.2) is 0 Å². The molecule has 3 nitrogen and oxygen atoms in total. The van der Waals surface area contributed by atoms with Gasteiger partial charge in [0.2, 0.25) is 0 Å². The molecule has 0 radical (unpaired) electrons. The molecule has 0 saturated heterocycles. The summed E-state index contributed by atoms with van der Waals surface area (Å²) in [4.78, 5) is 0.786. The third-order valence-electron chi connectivity index (χ3n) is 2.29. The van der Waals surface area contributed by atoms with Crippen LogP contribution in [0.4, 0.5) is 0 Å². The predicted octanol–water partition coefficient (Wildman–Crippen LogP) is 4.63. The van der Waals surface area contributed by atoms with Crippen molar-refractivity contribution in [3.8, 4) is 0 Å². The van der Waals surface area contributed by atoms with Crippen LogP contribution >= 0.6 is 15.9 Å². The van der Waals surface area contributed by atoms with Crippen LogP contribution in [-0.4, -0.2) is 46.6 Å². The fourth-order valence-corrected chi connectivity index (χ4v) is 2.46. The quantitative estimate of drug-likeness (QED) is 0.402. The summed E-state index contributed by atoms with van der Waals surface area (Å²) in [6.07, 6.45) is 5.47. The summed E-state index contributed by atoms with van der Waals surface area (Å²) >= 11 is 3.69. The van der Waals surface area contributed by atoms with E-state index < -0.39 is 0 Å². The first-order chi connectivity index (χ1) is 7.67. The first-order valence-corrected chi connectivity index (χ1v) is 6.74. The van der Waals surface area contributed by atoms with E-state index in [1.165, 1.54) is 25.7 Å². The second kappa shape index (κ2) is 23.2. The van der Waals surface area contributed by atoms with E-state index in [0.29, 0.717) is 0 Å². The van der Waals surface area contributed by atoms with E-state index in [1.807, 2.05) is 7.05 Å². The Balaban J connectivity index is -0.000000106. The molecule has 0 aliphatic heterocycles. The minimum atomic E-state index is 0. The van der Waals surface area contributed by atoms with E-state index in [4.69, 9.17) is 0 Å². The largest absolute Gasteiger partial charge is 4.00 e. The van der Waals surface area contributed by atoms with Crippen molar-refractivity contribution < 1.29 is 21.7 Å². The Bertz CT molecular complexity index is 127. The van der Waals surface area contributed by atoms with Gasteiger partial charge in [-0.3, -0.25) is 0 Å². The Morgan fingerprint density at radius 3 is 1.72 bits per heavy atom. The summed E-state index contributed by atoms with van der Waals surface area (Å²) in [5, 5.41) is 11.1. The van der Waals surface area contributed by atoms with E-state index in [0.717, 1.165) is 17.3 Å². The zero-order valence-electron chi connectivity index (χ0n) is 12.9. The molecule has 5 heteroatoms. The average molecular weight is 356 g/mol. The van der Waals surface area contributed by atoms with Crippen LogP contribution < -0.4 is 0 Å². The van der Waals surface area contributed by atoms with Gasteiger partial charge in [-0.15, -0.1) is 6.54 Å². The summed E-state index contributed by atoms with van der Waals surface area (Å²) in [6.45, 7) is 1.05. The maximum absolute atomic E-state index is 4.11. The number of nitrogens with zero attached hydrogens (tertiary/aromatic N) is 3. The van der Waals surface area contributed by atoms with Gasteiger partial charge in [-0.25, -0.2) is 0 Å². The minimum Gasteiger partial charge on any atom is -0.668 e.